The number of hydrogen-bond donors (Lipinski definition) is 2. The number of nitrogens with one attached hydrogen (secondary N) is 2. The fourth-order valence-electron chi connectivity index (χ4n) is 2.56. The van der Waals surface area contributed by atoms with Crippen molar-refractivity contribution in [1.29, 1.82) is 0 Å². The van der Waals surface area contributed by atoms with Gasteiger partial charge in [0, 0.05) is 50.8 Å². The van der Waals surface area contributed by atoms with E-state index in [1.807, 2.05) is 0 Å². The average molecular weight is 339 g/mol. The summed E-state index contributed by atoms with van der Waals surface area (Å²) in [6.45, 7) is 2.05. The Labute approximate surface area is 140 Å². The summed E-state index contributed by atoms with van der Waals surface area (Å²) in [6, 6.07) is 3.66. The molecule has 1 aliphatic heterocycles. The minimum atomic E-state index is -0.496. The van der Waals surface area contributed by atoms with Crippen LogP contribution < -0.4 is 15.4 Å². The molecule has 2 rings (SSSR count). The number of rotatable bonds is 7. The molecule has 132 valence electrons. The van der Waals surface area contributed by atoms with Crippen LogP contribution in [0.2, 0.25) is 0 Å². The van der Waals surface area contributed by atoms with E-state index in [-0.39, 0.29) is 17.6 Å². The number of nitrogens with zero attached hydrogens (tertiary/aromatic N) is 1. The zero-order valence-electron chi connectivity index (χ0n) is 13.8. The zero-order valence-corrected chi connectivity index (χ0v) is 13.8. The summed E-state index contributed by atoms with van der Waals surface area (Å²) in [4.78, 5) is 25.5. The van der Waals surface area contributed by atoms with Crippen LogP contribution in [0, 0.1) is 11.7 Å². The normalized spacial score (nSPS) is 17.0. The predicted molar refractivity (Wildman–Crippen MR) is 86.5 cm³/mol. The average Bonchev–Trinajstić information content (AvgIpc) is 2.92. The first-order valence-corrected chi connectivity index (χ1v) is 7.68. The van der Waals surface area contributed by atoms with Crippen LogP contribution >= 0.6 is 0 Å². The Hall–Kier alpha value is -2.35. The Kier molecular flexibility index (Phi) is 6.36. The summed E-state index contributed by atoms with van der Waals surface area (Å²) in [5.74, 6) is -0.294. The maximum atomic E-state index is 13.3. The van der Waals surface area contributed by atoms with Crippen molar-refractivity contribution in [2.45, 2.75) is 6.42 Å². The summed E-state index contributed by atoms with van der Waals surface area (Å²) in [7, 11) is 2.95. The number of hydrogen-bond acceptors (Lipinski definition) is 4. The van der Waals surface area contributed by atoms with Gasteiger partial charge in [0.2, 0.25) is 5.91 Å². The van der Waals surface area contributed by atoms with Gasteiger partial charge in [-0.15, -0.1) is 0 Å². The number of carbonyl (C=O) groups is 2. The molecule has 0 aromatic heterocycles. The Morgan fingerprint density at radius 1 is 1.42 bits per heavy atom. The molecular weight excluding hydrogens is 317 g/mol. The maximum absolute atomic E-state index is 13.3. The van der Waals surface area contributed by atoms with Gasteiger partial charge in [0.25, 0.3) is 0 Å². The van der Waals surface area contributed by atoms with Crippen molar-refractivity contribution in [2.24, 2.45) is 5.92 Å². The minimum Gasteiger partial charge on any atom is -0.494 e. The molecule has 0 radical (unpaired) electrons. The lowest BCUT2D eigenvalue weighted by atomic mass is 10.1. The second-order valence-electron chi connectivity index (χ2n) is 5.59. The van der Waals surface area contributed by atoms with Crippen molar-refractivity contribution < 1.29 is 23.5 Å². The molecule has 1 aromatic carbocycles. The van der Waals surface area contributed by atoms with Crippen LogP contribution in [0.5, 0.6) is 5.75 Å². The first-order valence-electron chi connectivity index (χ1n) is 7.68. The zero-order chi connectivity index (χ0) is 17.5. The van der Waals surface area contributed by atoms with Crippen LogP contribution in [0.4, 0.5) is 14.9 Å². The van der Waals surface area contributed by atoms with Crippen LogP contribution in [0.3, 0.4) is 0 Å². The van der Waals surface area contributed by atoms with E-state index < -0.39 is 11.8 Å². The maximum Gasteiger partial charge on any atom is 0.319 e. The second kappa shape index (κ2) is 8.49. The van der Waals surface area contributed by atoms with Gasteiger partial charge in [-0.2, -0.15) is 0 Å². The summed E-state index contributed by atoms with van der Waals surface area (Å²) in [6.07, 6.45) is 0.411. The number of likely N-dealkylation sites (tertiary alicyclic amines) is 1. The van der Waals surface area contributed by atoms with Crippen molar-refractivity contribution >= 4 is 17.6 Å². The third-order valence-corrected chi connectivity index (χ3v) is 3.82. The van der Waals surface area contributed by atoms with Crippen molar-refractivity contribution in [3.63, 3.8) is 0 Å². The molecule has 0 spiro atoms. The highest BCUT2D eigenvalue weighted by molar-refractivity contribution is 5.89. The molecule has 2 N–H and O–H groups in total. The van der Waals surface area contributed by atoms with Gasteiger partial charge in [0.1, 0.15) is 0 Å². The highest BCUT2D eigenvalue weighted by Crippen LogP contribution is 2.21. The van der Waals surface area contributed by atoms with Gasteiger partial charge in [-0.25, -0.2) is 9.18 Å². The van der Waals surface area contributed by atoms with Crippen LogP contribution in [0.1, 0.15) is 6.42 Å². The lowest BCUT2D eigenvalue weighted by molar-refractivity contribution is -0.128. The molecule has 1 aliphatic rings. The van der Waals surface area contributed by atoms with Gasteiger partial charge in [-0.1, -0.05) is 0 Å². The van der Waals surface area contributed by atoms with E-state index in [4.69, 9.17) is 9.47 Å². The number of methoxy groups -OCH3 is 2. The van der Waals surface area contributed by atoms with E-state index in [0.717, 1.165) is 0 Å². The van der Waals surface area contributed by atoms with Crippen LogP contribution in [0.15, 0.2) is 18.2 Å². The molecule has 8 heteroatoms. The lowest BCUT2D eigenvalue weighted by Crippen LogP contribution is -2.34. The first-order chi connectivity index (χ1) is 11.5. The third kappa shape index (κ3) is 4.82. The molecule has 0 unspecified atom stereocenters. The van der Waals surface area contributed by atoms with Crippen LogP contribution in [-0.4, -0.2) is 57.3 Å². The van der Waals surface area contributed by atoms with Gasteiger partial charge < -0.3 is 25.0 Å². The third-order valence-electron chi connectivity index (χ3n) is 3.82. The van der Waals surface area contributed by atoms with E-state index in [1.165, 1.54) is 25.3 Å². The van der Waals surface area contributed by atoms with Crippen molar-refractivity contribution in [2.75, 3.05) is 45.8 Å². The highest BCUT2D eigenvalue weighted by atomic mass is 19.1. The molecule has 7 nitrogen and oxygen atoms in total. The Balaban J connectivity index is 1.78. The SMILES string of the molecule is COCCN1C[C@@H](CNC(=O)Nc2ccc(F)c(OC)c2)CC1=O. The number of urea groups is 1. The second-order valence-corrected chi connectivity index (χ2v) is 5.59. The number of benzene rings is 1. The Bertz CT molecular complexity index is 597. The highest BCUT2D eigenvalue weighted by Gasteiger charge is 2.29. The number of carbonyl (C=O) groups excluding carboxylic acids is 2. The van der Waals surface area contributed by atoms with E-state index >= 15 is 0 Å². The fraction of sp³-hybridized carbons (Fsp3) is 0.500. The quantitative estimate of drug-likeness (QED) is 0.788. The molecule has 0 bridgehead atoms. The van der Waals surface area contributed by atoms with Gasteiger partial charge in [0.05, 0.1) is 13.7 Å². The molecule has 1 atom stereocenters. The van der Waals surface area contributed by atoms with Crippen molar-refractivity contribution in [3.05, 3.63) is 24.0 Å². The smallest absolute Gasteiger partial charge is 0.319 e. The van der Waals surface area contributed by atoms with Crippen molar-refractivity contribution in [3.8, 4) is 5.75 Å². The van der Waals surface area contributed by atoms with Gasteiger partial charge in [-0.3, -0.25) is 4.79 Å². The molecule has 3 amide bonds. The number of anilines is 1. The molecule has 0 aliphatic carbocycles. The summed E-state index contributed by atoms with van der Waals surface area (Å²) < 4.78 is 23.2. The standard InChI is InChI=1S/C16H22FN3O4/c1-23-6-5-20-10-11(7-15(20)21)9-18-16(22)19-12-3-4-13(17)14(8-12)24-2/h3-4,8,11H,5-7,9-10H2,1-2H3,(H2,18,19,22)/t11-/m1/s1. The summed E-state index contributed by atoms with van der Waals surface area (Å²) in [5, 5.41) is 5.34. The molecule has 0 saturated carbocycles. The molecular formula is C16H22FN3O4. The van der Waals surface area contributed by atoms with E-state index in [2.05, 4.69) is 10.6 Å². The lowest BCUT2D eigenvalue weighted by Gasteiger charge is -2.16. The monoisotopic (exact) mass is 339 g/mol. The minimum absolute atomic E-state index is 0.0583. The molecule has 24 heavy (non-hydrogen) atoms. The summed E-state index contributed by atoms with van der Waals surface area (Å²) in [5.41, 5.74) is 0.426. The van der Waals surface area contributed by atoms with Gasteiger partial charge >= 0.3 is 6.03 Å². The van der Waals surface area contributed by atoms with Gasteiger partial charge in [-0.05, 0) is 12.1 Å². The summed E-state index contributed by atoms with van der Waals surface area (Å²) >= 11 is 0. The molecule has 1 heterocycles. The van der Waals surface area contributed by atoms with Gasteiger partial charge in [0.15, 0.2) is 11.6 Å². The first kappa shape index (κ1) is 18.0. The molecule has 1 saturated heterocycles. The molecule has 1 aromatic rings. The van der Waals surface area contributed by atoms with Crippen LogP contribution in [0.25, 0.3) is 0 Å². The van der Waals surface area contributed by atoms with E-state index in [1.54, 1.807) is 12.0 Å². The topological polar surface area (TPSA) is 79.9 Å². The number of ether oxygens (including phenoxy) is 2. The Morgan fingerprint density at radius 2 is 2.21 bits per heavy atom. The largest absolute Gasteiger partial charge is 0.494 e. The molecule has 1 fully saturated rings. The number of amides is 3. The number of halogens is 1. The fourth-order valence-corrected chi connectivity index (χ4v) is 2.56. The Morgan fingerprint density at radius 3 is 2.92 bits per heavy atom. The van der Waals surface area contributed by atoms with E-state index in [9.17, 15) is 14.0 Å². The van der Waals surface area contributed by atoms with E-state index in [0.29, 0.717) is 38.3 Å². The van der Waals surface area contributed by atoms with Crippen molar-refractivity contribution in [1.82, 2.24) is 10.2 Å². The predicted octanol–water partition coefficient (Wildman–Crippen LogP) is 1.45. The van der Waals surface area contributed by atoms with Crippen LogP contribution in [-0.2, 0) is 9.53 Å².